The Hall–Kier alpha value is -3.71. The molecular weight excluding hydrogens is 426 g/mol. The van der Waals surface area contributed by atoms with E-state index >= 15 is 0 Å². The highest BCUT2D eigenvalue weighted by Gasteiger charge is 2.35. The molecule has 2 aliphatic heterocycles. The lowest BCUT2D eigenvalue weighted by Gasteiger charge is -2.28. The molecule has 0 bridgehead atoms. The zero-order valence-electron chi connectivity index (χ0n) is 18.0. The van der Waals surface area contributed by atoms with E-state index in [9.17, 15) is 13.6 Å². The van der Waals surface area contributed by atoms with Gasteiger partial charge in [-0.1, -0.05) is 24.3 Å². The van der Waals surface area contributed by atoms with Crippen LogP contribution in [0.1, 0.15) is 23.6 Å². The molecule has 168 valence electrons. The van der Waals surface area contributed by atoms with Crippen molar-refractivity contribution in [1.29, 1.82) is 0 Å². The fourth-order valence-electron chi connectivity index (χ4n) is 4.11. The maximum Gasteiger partial charge on any atom is 0.256 e. The largest absolute Gasteiger partial charge is 0.486 e. The van der Waals surface area contributed by atoms with E-state index < -0.39 is 0 Å². The third-order valence-corrected chi connectivity index (χ3v) is 5.82. The van der Waals surface area contributed by atoms with Gasteiger partial charge in [0.2, 0.25) is 0 Å². The van der Waals surface area contributed by atoms with Gasteiger partial charge in [-0.05, 0) is 60.0 Å². The number of anilines is 1. The van der Waals surface area contributed by atoms with Gasteiger partial charge in [0.1, 0.15) is 24.3 Å². The van der Waals surface area contributed by atoms with E-state index in [0.717, 1.165) is 16.7 Å². The van der Waals surface area contributed by atoms with Crippen LogP contribution < -0.4 is 20.1 Å². The Kier molecular flexibility index (Phi) is 5.56. The number of ether oxygens (including phenoxy) is 2. The fraction of sp³-hybridized carbons (Fsp3) is 0.192. The molecule has 2 aliphatic rings. The molecular formula is C26H22F2N2O3. The third kappa shape index (κ3) is 4.19. The smallest absolute Gasteiger partial charge is 0.256 e. The highest BCUT2D eigenvalue weighted by molar-refractivity contribution is 6.37. The number of fused-ring (bicyclic) bond motifs is 3. The summed E-state index contributed by atoms with van der Waals surface area (Å²) < 4.78 is 38.7. The van der Waals surface area contributed by atoms with Crippen molar-refractivity contribution < 1.29 is 23.0 Å². The number of benzene rings is 3. The van der Waals surface area contributed by atoms with E-state index in [1.54, 1.807) is 36.4 Å². The predicted octanol–water partition coefficient (Wildman–Crippen LogP) is 4.78. The number of amides is 1. The minimum absolute atomic E-state index is 0.236. The quantitative estimate of drug-likeness (QED) is 0.552. The van der Waals surface area contributed by atoms with Crippen molar-refractivity contribution in [2.45, 2.75) is 19.6 Å². The molecule has 0 spiro atoms. The summed E-state index contributed by atoms with van der Waals surface area (Å²) in [5.41, 5.74) is 4.23. The van der Waals surface area contributed by atoms with Gasteiger partial charge >= 0.3 is 0 Å². The number of rotatable bonds is 5. The second-order valence-electron chi connectivity index (χ2n) is 8.08. The van der Waals surface area contributed by atoms with Crippen molar-refractivity contribution in [1.82, 2.24) is 5.32 Å². The zero-order chi connectivity index (χ0) is 22.9. The first kappa shape index (κ1) is 21.2. The van der Waals surface area contributed by atoms with Crippen molar-refractivity contribution in [2.75, 3.05) is 18.5 Å². The molecule has 0 saturated heterocycles. The number of allylic oxidation sites excluding steroid dienone is 1. The van der Waals surface area contributed by atoms with Gasteiger partial charge in [0.15, 0.2) is 11.5 Å². The van der Waals surface area contributed by atoms with Crippen LogP contribution in [0.3, 0.4) is 0 Å². The van der Waals surface area contributed by atoms with Gasteiger partial charge in [-0.15, -0.1) is 0 Å². The first-order chi connectivity index (χ1) is 16.0. The molecule has 1 atom stereocenters. The predicted molar refractivity (Wildman–Crippen MR) is 122 cm³/mol. The molecule has 7 heteroatoms. The van der Waals surface area contributed by atoms with Gasteiger partial charge in [-0.25, -0.2) is 8.78 Å². The van der Waals surface area contributed by atoms with Crippen LogP contribution in [0.2, 0.25) is 0 Å². The van der Waals surface area contributed by atoms with Crippen LogP contribution in [0.15, 0.2) is 60.7 Å². The maximum absolute atomic E-state index is 13.4. The second-order valence-corrected chi connectivity index (χ2v) is 8.08. The van der Waals surface area contributed by atoms with Crippen LogP contribution in [0.25, 0.3) is 11.1 Å². The maximum atomic E-state index is 13.4. The Labute approximate surface area is 190 Å². The lowest BCUT2D eigenvalue weighted by atomic mass is 9.95. The van der Waals surface area contributed by atoms with E-state index in [2.05, 4.69) is 10.6 Å². The molecule has 3 aromatic rings. The molecule has 0 fully saturated rings. The topological polar surface area (TPSA) is 59.6 Å². The molecule has 5 nitrogen and oxygen atoms in total. The Morgan fingerprint density at radius 3 is 2.45 bits per heavy atom. The van der Waals surface area contributed by atoms with Crippen LogP contribution in [-0.2, 0) is 11.3 Å². The molecule has 2 N–H and O–H groups in total. The number of hydrogen-bond acceptors (Lipinski definition) is 4. The Morgan fingerprint density at radius 2 is 1.73 bits per heavy atom. The van der Waals surface area contributed by atoms with Crippen LogP contribution in [-0.4, -0.2) is 25.2 Å². The molecule has 0 aliphatic carbocycles. The first-order valence-electron chi connectivity index (χ1n) is 10.7. The Morgan fingerprint density at radius 1 is 1.03 bits per heavy atom. The van der Waals surface area contributed by atoms with Crippen molar-refractivity contribution in [2.24, 2.45) is 0 Å². The first-order valence-corrected chi connectivity index (χ1v) is 10.7. The summed E-state index contributed by atoms with van der Waals surface area (Å²) in [5.74, 6) is 0.251. The lowest BCUT2D eigenvalue weighted by molar-refractivity contribution is -0.110. The van der Waals surface area contributed by atoms with E-state index in [4.69, 9.17) is 9.47 Å². The molecule has 1 unspecified atom stereocenters. The number of hydrogen-bond donors (Lipinski definition) is 2. The minimum atomic E-state index is -0.335. The lowest BCUT2D eigenvalue weighted by Crippen LogP contribution is -2.38. The number of carbonyl (C=O) groups excluding carboxylic acids is 1. The van der Waals surface area contributed by atoms with E-state index in [0.29, 0.717) is 48.0 Å². The summed E-state index contributed by atoms with van der Waals surface area (Å²) in [4.78, 5) is 12.9. The molecule has 3 aromatic carbocycles. The highest BCUT2D eigenvalue weighted by Crippen LogP contribution is 2.48. The minimum Gasteiger partial charge on any atom is -0.486 e. The Balaban J connectivity index is 1.39. The van der Waals surface area contributed by atoms with Crippen LogP contribution >= 0.6 is 0 Å². The standard InChI is InChI=1S/C26H22F2N2O3/c1-15(17-4-8-19(28)9-5-17)23-24-21(30-26(23)31)10-11-22-25(24)33-20(14-32-22)13-29-12-16-2-6-18(27)7-3-16/h2-11,20,29H,12-14H2,1H3,(H,30,31)/b23-15+. The van der Waals surface area contributed by atoms with Gasteiger partial charge in [0, 0.05) is 13.1 Å². The van der Waals surface area contributed by atoms with Crippen molar-refractivity contribution >= 4 is 22.7 Å². The van der Waals surface area contributed by atoms with Crippen LogP contribution in [0.4, 0.5) is 14.5 Å². The summed E-state index contributed by atoms with van der Waals surface area (Å²) in [6.45, 7) is 3.27. The third-order valence-electron chi connectivity index (χ3n) is 5.82. The normalized spacial score (nSPS) is 18.0. The summed E-state index contributed by atoms with van der Waals surface area (Å²) in [6, 6.07) is 15.9. The molecule has 0 saturated carbocycles. The molecule has 33 heavy (non-hydrogen) atoms. The summed E-state index contributed by atoms with van der Waals surface area (Å²) in [5, 5.41) is 6.20. The van der Waals surface area contributed by atoms with Crippen molar-refractivity contribution in [3.05, 3.63) is 89.0 Å². The molecule has 2 heterocycles. The number of carbonyl (C=O) groups is 1. The van der Waals surface area contributed by atoms with E-state index in [-0.39, 0.29) is 23.6 Å². The highest BCUT2D eigenvalue weighted by atomic mass is 19.1. The van der Waals surface area contributed by atoms with Crippen LogP contribution in [0.5, 0.6) is 11.5 Å². The van der Waals surface area contributed by atoms with Crippen molar-refractivity contribution in [3.8, 4) is 11.5 Å². The summed E-state index contributed by atoms with van der Waals surface area (Å²) in [7, 11) is 0. The van der Waals surface area contributed by atoms with Gasteiger partial charge in [0.25, 0.3) is 5.91 Å². The van der Waals surface area contributed by atoms with Gasteiger partial charge in [0.05, 0.1) is 16.8 Å². The van der Waals surface area contributed by atoms with Gasteiger partial charge < -0.3 is 20.1 Å². The van der Waals surface area contributed by atoms with E-state index in [1.165, 1.54) is 24.3 Å². The number of nitrogens with one attached hydrogen (secondary N) is 2. The molecule has 0 aromatic heterocycles. The van der Waals surface area contributed by atoms with Gasteiger partial charge in [-0.3, -0.25) is 4.79 Å². The molecule has 0 radical (unpaired) electrons. The van der Waals surface area contributed by atoms with Crippen LogP contribution in [0, 0.1) is 11.6 Å². The molecule has 5 rings (SSSR count). The summed E-state index contributed by atoms with van der Waals surface area (Å²) in [6.07, 6.45) is -0.271. The SMILES string of the molecule is C/C(=C1\C(=O)Nc2ccc3c(c21)OC(CNCc1ccc(F)cc1)CO3)c1ccc(F)cc1. The van der Waals surface area contributed by atoms with Gasteiger partial charge in [-0.2, -0.15) is 0 Å². The zero-order valence-corrected chi connectivity index (χ0v) is 18.0. The Bertz CT molecular complexity index is 1240. The number of halogens is 2. The van der Waals surface area contributed by atoms with E-state index in [1.807, 2.05) is 6.92 Å². The summed E-state index contributed by atoms with van der Waals surface area (Å²) >= 11 is 0. The average Bonchev–Trinajstić information content (AvgIpc) is 3.16. The monoisotopic (exact) mass is 448 g/mol. The average molecular weight is 448 g/mol. The van der Waals surface area contributed by atoms with Crippen molar-refractivity contribution in [3.63, 3.8) is 0 Å². The fourth-order valence-corrected chi connectivity index (χ4v) is 4.11. The second kappa shape index (κ2) is 8.67. The molecule has 1 amide bonds.